The predicted octanol–water partition coefficient (Wildman–Crippen LogP) is 1.70. The molecule has 3 heterocycles. The van der Waals surface area contributed by atoms with Gasteiger partial charge in [0.2, 0.25) is 5.91 Å². The van der Waals surface area contributed by atoms with Crippen LogP contribution >= 0.6 is 11.3 Å². The molecule has 1 aromatic rings. The minimum Gasteiger partial charge on any atom is -0.343 e. The van der Waals surface area contributed by atoms with Crippen molar-refractivity contribution in [2.45, 2.75) is 31.7 Å². The van der Waals surface area contributed by atoms with Crippen molar-refractivity contribution < 1.29 is 9.59 Å². The zero-order chi connectivity index (χ0) is 14.7. The van der Waals surface area contributed by atoms with Gasteiger partial charge in [0.15, 0.2) is 0 Å². The summed E-state index contributed by atoms with van der Waals surface area (Å²) < 4.78 is 0. The van der Waals surface area contributed by atoms with Crippen molar-refractivity contribution in [2.75, 3.05) is 26.2 Å². The first-order chi connectivity index (χ1) is 10.2. The van der Waals surface area contributed by atoms with E-state index in [4.69, 9.17) is 0 Å². The van der Waals surface area contributed by atoms with Gasteiger partial charge in [-0.1, -0.05) is 0 Å². The van der Waals surface area contributed by atoms with E-state index < -0.39 is 0 Å². The van der Waals surface area contributed by atoms with Crippen LogP contribution < -0.4 is 5.32 Å². The third kappa shape index (κ3) is 3.37. The third-order valence-corrected chi connectivity index (χ3v) is 5.09. The maximum atomic E-state index is 12.2. The second-order valence-corrected chi connectivity index (χ2v) is 6.45. The Labute approximate surface area is 128 Å². The molecule has 0 atom stereocenters. The molecule has 21 heavy (non-hydrogen) atoms. The van der Waals surface area contributed by atoms with Gasteiger partial charge >= 0.3 is 6.03 Å². The first-order valence-corrected chi connectivity index (χ1v) is 8.51. The number of urea groups is 1. The highest BCUT2D eigenvalue weighted by Crippen LogP contribution is 2.19. The summed E-state index contributed by atoms with van der Waals surface area (Å²) in [4.78, 5) is 27.8. The topological polar surface area (TPSA) is 52.7 Å². The van der Waals surface area contributed by atoms with E-state index in [1.807, 2.05) is 15.2 Å². The molecule has 0 radical (unpaired) electrons. The molecular formula is C15H21N3O2S. The normalized spacial score (nSPS) is 19.9. The Kier molecular flexibility index (Phi) is 4.43. The molecule has 2 aliphatic heterocycles. The van der Waals surface area contributed by atoms with E-state index in [1.165, 1.54) is 5.56 Å². The molecule has 1 N–H and O–H groups in total. The lowest BCUT2D eigenvalue weighted by Gasteiger charge is -2.36. The molecule has 0 aromatic carbocycles. The van der Waals surface area contributed by atoms with Crippen LogP contribution in [0.2, 0.25) is 0 Å². The van der Waals surface area contributed by atoms with Crippen molar-refractivity contribution in [3.05, 3.63) is 22.4 Å². The lowest BCUT2D eigenvalue weighted by atomic mass is 10.0. The molecule has 2 fully saturated rings. The molecule has 114 valence electrons. The van der Waals surface area contributed by atoms with E-state index >= 15 is 0 Å². The van der Waals surface area contributed by atoms with Crippen LogP contribution in [-0.4, -0.2) is 54.0 Å². The highest BCUT2D eigenvalue weighted by molar-refractivity contribution is 7.07. The number of nitrogens with zero attached hydrogens (tertiary/aromatic N) is 2. The number of carbonyl (C=O) groups is 2. The lowest BCUT2D eigenvalue weighted by molar-refractivity contribution is -0.132. The largest absolute Gasteiger partial charge is 0.343 e. The molecule has 0 spiro atoms. The van der Waals surface area contributed by atoms with Crippen molar-refractivity contribution in [2.24, 2.45) is 0 Å². The van der Waals surface area contributed by atoms with E-state index in [0.29, 0.717) is 12.5 Å². The maximum Gasteiger partial charge on any atom is 0.317 e. The average molecular weight is 307 g/mol. The fourth-order valence-corrected chi connectivity index (χ4v) is 3.81. The van der Waals surface area contributed by atoms with Gasteiger partial charge in [0.25, 0.3) is 0 Å². The Balaban J connectivity index is 1.44. The predicted molar refractivity (Wildman–Crippen MR) is 82.3 cm³/mol. The Morgan fingerprint density at radius 1 is 1.33 bits per heavy atom. The minimum atomic E-state index is 0.0530. The summed E-state index contributed by atoms with van der Waals surface area (Å²) >= 11 is 1.67. The third-order valence-electron chi connectivity index (χ3n) is 4.36. The highest BCUT2D eigenvalue weighted by atomic mass is 32.1. The Morgan fingerprint density at radius 3 is 2.76 bits per heavy atom. The SMILES string of the molecule is O=C(CCc1ccsc1)N1CCC(N2CCNC2=O)CC1. The molecule has 5 nitrogen and oxygen atoms in total. The number of hydrogen-bond donors (Lipinski definition) is 1. The van der Waals surface area contributed by atoms with Crippen LogP contribution in [0.3, 0.4) is 0 Å². The summed E-state index contributed by atoms with van der Waals surface area (Å²) in [5, 5.41) is 6.99. The molecule has 0 unspecified atom stereocenters. The number of nitrogens with one attached hydrogen (secondary N) is 1. The van der Waals surface area contributed by atoms with Crippen molar-refractivity contribution >= 4 is 23.3 Å². The summed E-state index contributed by atoms with van der Waals surface area (Å²) in [6.07, 6.45) is 3.22. The Morgan fingerprint density at radius 2 is 2.14 bits per heavy atom. The lowest BCUT2D eigenvalue weighted by Crippen LogP contribution is -2.47. The van der Waals surface area contributed by atoms with E-state index in [9.17, 15) is 9.59 Å². The van der Waals surface area contributed by atoms with Gasteiger partial charge in [-0.05, 0) is 41.7 Å². The summed E-state index contributed by atoms with van der Waals surface area (Å²) in [5.41, 5.74) is 1.25. The maximum absolute atomic E-state index is 12.2. The van der Waals surface area contributed by atoms with Gasteiger partial charge in [-0.2, -0.15) is 11.3 Å². The van der Waals surface area contributed by atoms with E-state index in [2.05, 4.69) is 16.8 Å². The molecule has 1 aromatic heterocycles. The second-order valence-electron chi connectivity index (χ2n) is 5.67. The smallest absolute Gasteiger partial charge is 0.317 e. The number of piperidine rings is 1. The number of carbonyl (C=O) groups excluding carboxylic acids is 2. The molecule has 3 amide bonds. The first kappa shape index (κ1) is 14.4. The molecule has 2 aliphatic rings. The summed E-state index contributed by atoms with van der Waals surface area (Å²) in [6, 6.07) is 2.43. The van der Waals surface area contributed by atoms with Crippen molar-refractivity contribution in [1.29, 1.82) is 0 Å². The molecule has 6 heteroatoms. The van der Waals surface area contributed by atoms with Crippen molar-refractivity contribution in [3.63, 3.8) is 0 Å². The van der Waals surface area contributed by atoms with Crippen LogP contribution in [0, 0.1) is 0 Å². The molecule has 0 saturated carbocycles. The van der Waals surface area contributed by atoms with Gasteiger partial charge in [-0.25, -0.2) is 4.79 Å². The van der Waals surface area contributed by atoms with Crippen molar-refractivity contribution in [3.8, 4) is 0 Å². The number of aryl methyl sites for hydroxylation is 1. The zero-order valence-electron chi connectivity index (χ0n) is 12.1. The first-order valence-electron chi connectivity index (χ1n) is 7.57. The summed E-state index contributed by atoms with van der Waals surface area (Å²) in [5.74, 6) is 0.241. The van der Waals surface area contributed by atoms with Crippen LogP contribution in [0.15, 0.2) is 16.8 Å². The number of thiophene rings is 1. The van der Waals surface area contributed by atoms with Crippen LogP contribution in [-0.2, 0) is 11.2 Å². The van der Waals surface area contributed by atoms with Gasteiger partial charge in [0.1, 0.15) is 0 Å². The Bertz CT molecular complexity index is 495. The standard InChI is InChI=1S/C15H21N3O2S/c19-14(2-1-12-5-10-21-11-12)17-7-3-13(4-8-17)18-9-6-16-15(18)20/h5,10-11,13H,1-4,6-9H2,(H,16,20). The number of amides is 3. The van der Waals surface area contributed by atoms with Crippen molar-refractivity contribution in [1.82, 2.24) is 15.1 Å². The fraction of sp³-hybridized carbons (Fsp3) is 0.600. The second kappa shape index (κ2) is 6.47. The molecule has 0 bridgehead atoms. The Hall–Kier alpha value is -1.56. The van der Waals surface area contributed by atoms with E-state index in [-0.39, 0.29) is 11.9 Å². The van der Waals surface area contributed by atoms with Gasteiger partial charge < -0.3 is 15.1 Å². The quantitative estimate of drug-likeness (QED) is 0.920. The van der Waals surface area contributed by atoms with Crippen LogP contribution in [0.5, 0.6) is 0 Å². The number of likely N-dealkylation sites (tertiary alicyclic amines) is 1. The van der Waals surface area contributed by atoms with Crippen LogP contribution in [0.4, 0.5) is 4.79 Å². The monoisotopic (exact) mass is 307 g/mol. The average Bonchev–Trinajstić information content (AvgIpc) is 3.16. The highest BCUT2D eigenvalue weighted by Gasteiger charge is 2.31. The molecular weight excluding hydrogens is 286 g/mol. The van der Waals surface area contributed by atoms with Crippen LogP contribution in [0.1, 0.15) is 24.8 Å². The fourth-order valence-electron chi connectivity index (χ4n) is 3.11. The zero-order valence-corrected chi connectivity index (χ0v) is 12.9. The number of hydrogen-bond acceptors (Lipinski definition) is 3. The van der Waals surface area contributed by atoms with Crippen LogP contribution in [0.25, 0.3) is 0 Å². The molecule has 3 rings (SSSR count). The van der Waals surface area contributed by atoms with E-state index in [1.54, 1.807) is 11.3 Å². The summed E-state index contributed by atoms with van der Waals surface area (Å²) in [7, 11) is 0. The van der Waals surface area contributed by atoms with Gasteiger partial charge in [0.05, 0.1) is 0 Å². The molecule has 0 aliphatic carbocycles. The number of rotatable bonds is 4. The molecule has 2 saturated heterocycles. The minimum absolute atomic E-state index is 0.0530. The van der Waals surface area contributed by atoms with Gasteiger partial charge in [0, 0.05) is 38.6 Å². The van der Waals surface area contributed by atoms with Gasteiger partial charge in [-0.3, -0.25) is 4.79 Å². The van der Waals surface area contributed by atoms with E-state index in [0.717, 1.165) is 45.4 Å². The summed E-state index contributed by atoms with van der Waals surface area (Å²) in [6.45, 7) is 3.10. The van der Waals surface area contributed by atoms with Gasteiger partial charge in [-0.15, -0.1) is 0 Å².